The second-order valence-corrected chi connectivity index (χ2v) is 5.03. The summed E-state index contributed by atoms with van der Waals surface area (Å²) in [5, 5.41) is 2.88. The minimum absolute atomic E-state index is 0.00907. The average molecular weight is 266 g/mol. The highest BCUT2D eigenvalue weighted by molar-refractivity contribution is 5.78. The molecule has 0 spiro atoms. The summed E-state index contributed by atoms with van der Waals surface area (Å²) in [4.78, 5) is 11.4. The van der Waals surface area contributed by atoms with Crippen LogP contribution in [0.1, 0.15) is 19.4 Å². The summed E-state index contributed by atoms with van der Waals surface area (Å²) in [7, 11) is 3.22. The molecule has 0 saturated carbocycles. The first kappa shape index (κ1) is 15.3. The van der Waals surface area contributed by atoms with Gasteiger partial charge in [-0.2, -0.15) is 0 Å². The van der Waals surface area contributed by atoms with Crippen LogP contribution in [0.15, 0.2) is 18.2 Å². The van der Waals surface area contributed by atoms with Gasteiger partial charge in [0, 0.05) is 11.6 Å². The predicted octanol–water partition coefficient (Wildman–Crippen LogP) is 1.10. The highest BCUT2D eigenvalue weighted by Gasteiger charge is 2.21. The van der Waals surface area contributed by atoms with Crippen LogP contribution in [0, 0.1) is 0 Å². The minimum atomic E-state index is -0.381. The van der Waals surface area contributed by atoms with Gasteiger partial charge in [0.25, 0.3) is 0 Å². The molecule has 0 aromatic heterocycles. The van der Waals surface area contributed by atoms with Crippen molar-refractivity contribution in [1.29, 1.82) is 0 Å². The molecule has 3 N–H and O–H groups in total. The lowest BCUT2D eigenvalue weighted by Crippen LogP contribution is -2.47. The summed E-state index contributed by atoms with van der Waals surface area (Å²) in [5.74, 6) is 1.30. The summed E-state index contributed by atoms with van der Waals surface area (Å²) in [5.41, 5.74) is 5.96. The molecule has 1 aromatic rings. The summed E-state index contributed by atoms with van der Waals surface area (Å²) in [6.45, 7) is 3.89. The molecule has 0 radical (unpaired) electrons. The van der Waals surface area contributed by atoms with Gasteiger partial charge in [0.05, 0.1) is 20.8 Å². The van der Waals surface area contributed by atoms with Gasteiger partial charge in [-0.05, 0) is 38.0 Å². The summed E-state index contributed by atoms with van der Waals surface area (Å²) in [6.07, 6.45) is 0.659. The molecule has 1 rings (SSSR count). The smallest absolute Gasteiger partial charge is 0.234 e. The van der Waals surface area contributed by atoms with E-state index in [1.165, 1.54) is 0 Å². The predicted molar refractivity (Wildman–Crippen MR) is 74.5 cm³/mol. The monoisotopic (exact) mass is 266 g/mol. The van der Waals surface area contributed by atoms with E-state index in [1.807, 2.05) is 32.0 Å². The summed E-state index contributed by atoms with van der Waals surface area (Å²) < 4.78 is 10.5. The van der Waals surface area contributed by atoms with E-state index in [-0.39, 0.29) is 18.0 Å². The van der Waals surface area contributed by atoms with Crippen molar-refractivity contribution >= 4 is 5.91 Å². The number of nitrogens with one attached hydrogen (secondary N) is 1. The van der Waals surface area contributed by atoms with E-state index in [9.17, 15) is 4.79 Å². The highest BCUT2D eigenvalue weighted by atomic mass is 16.5. The molecule has 0 aliphatic carbocycles. The number of nitrogens with two attached hydrogens (primary N) is 1. The van der Waals surface area contributed by atoms with Gasteiger partial charge in [0.2, 0.25) is 5.91 Å². The van der Waals surface area contributed by atoms with Crippen LogP contribution in [0.3, 0.4) is 0 Å². The first-order valence-electron chi connectivity index (χ1n) is 6.13. The van der Waals surface area contributed by atoms with Crippen molar-refractivity contribution in [3.63, 3.8) is 0 Å². The Balaban J connectivity index is 2.88. The molecular weight excluding hydrogens is 244 g/mol. The fraction of sp³-hybridized carbons (Fsp3) is 0.500. The van der Waals surface area contributed by atoms with E-state index in [0.29, 0.717) is 6.42 Å². The van der Waals surface area contributed by atoms with Crippen LogP contribution in [0.5, 0.6) is 11.5 Å². The molecular formula is C14H22N2O3. The van der Waals surface area contributed by atoms with E-state index in [0.717, 1.165) is 17.1 Å². The Labute approximate surface area is 114 Å². The zero-order chi connectivity index (χ0) is 14.5. The third-order valence-electron chi connectivity index (χ3n) is 2.72. The number of carbonyl (C=O) groups is 1. The second-order valence-electron chi connectivity index (χ2n) is 5.03. The van der Waals surface area contributed by atoms with Gasteiger partial charge in [-0.15, -0.1) is 0 Å². The average Bonchev–Trinajstić information content (AvgIpc) is 2.36. The molecule has 0 aliphatic rings. The van der Waals surface area contributed by atoms with Crippen LogP contribution < -0.4 is 20.5 Å². The third-order valence-corrected chi connectivity index (χ3v) is 2.72. The lowest BCUT2D eigenvalue weighted by atomic mass is 9.94. The maximum absolute atomic E-state index is 11.4. The normalized spacial score (nSPS) is 11.0. The maximum atomic E-state index is 11.4. The van der Waals surface area contributed by atoms with Crippen molar-refractivity contribution in [2.45, 2.75) is 25.8 Å². The van der Waals surface area contributed by atoms with Gasteiger partial charge in [-0.25, -0.2) is 0 Å². The minimum Gasteiger partial charge on any atom is -0.497 e. The third kappa shape index (κ3) is 4.79. The molecule has 0 bridgehead atoms. The topological polar surface area (TPSA) is 73.6 Å². The Hall–Kier alpha value is -1.75. The van der Waals surface area contributed by atoms with Crippen LogP contribution in [-0.4, -0.2) is 32.2 Å². The Morgan fingerprint density at radius 1 is 1.21 bits per heavy atom. The molecule has 19 heavy (non-hydrogen) atoms. The molecule has 1 amide bonds. The van der Waals surface area contributed by atoms with Crippen molar-refractivity contribution < 1.29 is 14.3 Å². The Kier molecular flexibility index (Phi) is 5.18. The van der Waals surface area contributed by atoms with E-state index in [1.54, 1.807) is 14.2 Å². The fourth-order valence-corrected chi connectivity index (χ4v) is 1.95. The summed E-state index contributed by atoms with van der Waals surface area (Å²) >= 11 is 0. The molecule has 0 unspecified atom stereocenters. The number of hydrogen-bond donors (Lipinski definition) is 2. The Morgan fingerprint density at radius 2 is 1.74 bits per heavy atom. The molecule has 1 aromatic carbocycles. The first-order valence-corrected chi connectivity index (χ1v) is 6.13. The number of rotatable bonds is 6. The zero-order valence-electron chi connectivity index (χ0n) is 11.9. The van der Waals surface area contributed by atoms with Gasteiger partial charge < -0.3 is 20.5 Å². The van der Waals surface area contributed by atoms with Gasteiger partial charge in [-0.3, -0.25) is 4.79 Å². The van der Waals surface area contributed by atoms with E-state index in [2.05, 4.69) is 5.32 Å². The van der Waals surface area contributed by atoms with Crippen molar-refractivity contribution in [2.24, 2.45) is 5.73 Å². The number of methoxy groups -OCH3 is 2. The van der Waals surface area contributed by atoms with E-state index < -0.39 is 0 Å². The van der Waals surface area contributed by atoms with Crippen molar-refractivity contribution in [2.75, 3.05) is 20.8 Å². The Bertz CT molecular complexity index is 422. The molecule has 5 nitrogen and oxygen atoms in total. The van der Waals surface area contributed by atoms with Crippen LogP contribution >= 0.6 is 0 Å². The summed E-state index contributed by atoms with van der Waals surface area (Å²) in [6, 6.07) is 5.67. The highest BCUT2D eigenvalue weighted by Crippen LogP contribution is 2.25. The molecule has 0 heterocycles. The molecule has 106 valence electrons. The standard InChI is InChI=1S/C14H22N2O3/c1-14(2,16-13(17)9-15)8-10-5-11(18-3)7-12(6-10)19-4/h5-7H,8-9,15H2,1-4H3,(H,16,17). The molecule has 0 aliphatic heterocycles. The van der Waals surface area contributed by atoms with Crippen molar-refractivity contribution in [3.05, 3.63) is 23.8 Å². The first-order chi connectivity index (χ1) is 8.90. The van der Waals surface area contributed by atoms with Gasteiger partial charge in [0.15, 0.2) is 0 Å². The van der Waals surface area contributed by atoms with Gasteiger partial charge in [-0.1, -0.05) is 0 Å². The fourth-order valence-electron chi connectivity index (χ4n) is 1.95. The molecule has 0 atom stereocenters. The Morgan fingerprint density at radius 3 is 2.16 bits per heavy atom. The van der Waals surface area contributed by atoms with Crippen molar-refractivity contribution in [3.8, 4) is 11.5 Å². The number of ether oxygens (including phenoxy) is 2. The SMILES string of the molecule is COc1cc(CC(C)(C)NC(=O)CN)cc(OC)c1. The lowest BCUT2D eigenvalue weighted by Gasteiger charge is -2.26. The second kappa shape index (κ2) is 6.43. The number of benzene rings is 1. The largest absolute Gasteiger partial charge is 0.497 e. The molecule has 0 saturated heterocycles. The van der Waals surface area contributed by atoms with Crippen LogP contribution in [0.2, 0.25) is 0 Å². The van der Waals surface area contributed by atoms with Crippen molar-refractivity contribution in [1.82, 2.24) is 5.32 Å². The van der Waals surface area contributed by atoms with Gasteiger partial charge >= 0.3 is 0 Å². The quantitative estimate of drug-likeness (QED) is 0.808. The molecule has 0 fully saturated rings. The van der Waals surface area contributed by atoms with Crippen LogP contribution in [0.25, 0.3) is 0 Å². The maximum Gasteiger partial charge on any atom is 0.234 e. The van der Waals surface area contributed by atoms with Gasteiger partial charge in [0.1, 0.15) is 11.5 Å². The number of hydrogen-bond acceptors (Lipinski definition) is 4. The van der Waals surface area contributed by atoms with E-state index in [4.69, 9.17) is 15.2 Å². The van der Waals surface area contributed by atoms with E-state index >= 15 is 0 Å². The molecule has 5 heteroatoms. The lowest BCUT2D eigenvalue weighted by molar-refractivity contribution is -0.121. The number of amides is 1. The zero-order valence-corrected chi connectivity index (χ0v) is 11.9. The van der Waals surface area contributed by atoms with Crippen LogP contribution in [-0.2, 0) is 11.2 Å². The number of carbonyl (C=O) groups excluding carboxylic acids is 1. The van der Waals surface area contributed by atoms with Crippen LogP contribution in [0.4, 0.5) is 0 Å².